The summed E-state index contributed by atoms with van der Waals surface area (Å²) in [4.78, 5) is 25.2. The van der Waals surface area contributed by atoms with Gasteiger partial charge in [-0.25, -0.2) is 0 Å². The Hall–Kier alpha value is -2.27. The van der Waals surface area contributed by atoms with Crippen LogP contribution in [0.15, 0.2) is 47.4 Å². The number of hydrogen-bond donors (Lipinski definition) is 2. The minimum Gasteiger partial charge on any atom is -0.326 e. The van der Waals surface area contributed by atoms with Gasteiger partial charge in [0.15, 0.2) is 0 Å². The molecule has 0 spiro atoms. The lowest BCUT2D eigenvalue weighted by molar-refractivity contribution is -0.116. The molecule has 1 atom stereocenters. The normalized spacial score (nSPS) is 11.7. The number of thioether (sulfide) groups is 1. The largest absolute Gasteiger partial charge is 0.326 e. The lowest BCUT2D eigenvalue weighted by Crippen LogP contribution is -2.22. The predicted molar refractivity (Wildman–Crippen MR) is 110 cm³/mol. The highest BCUT2D eigenvalue weighted by Crippen LogP contribution is 2.27. The smallest absolute Gasteiger partial charge is 0.237 e. The molecule has 0 aromatic heterocycles. The van der Waals surface area contributed by atoms with Gasteiger partial charge in [-0.1, -0.05) is 30.7 Å². The molecule has 5 heteroatoms. The van der Waals surface area contributed by atoms with Gasteiger partial charge in [-0.2, -0.15) is 0 Å². The molecule has 1 unspecified atom stereocenters. The van der Waals surface area contributed by atoms with Crippen LogP contribution in [0.5, 0.6) is 0 Å². The maximum atomic E-state index is 12.5. The zero-order chi connectivity index (χ0) is 19.1. The first kappa shape index (κ1) is 20.0. The van der Waals surface area contributed by atoms with Crippen molar-refractivity contribution in [3.8, 4) is 0 Å². The Bertz CT molecular complexity index is 789. The Morgan fingerprint density at radius 3 is 2.54 bits per heavy atom. The second kappa shape index (κ2) is 9.43. The van der Waals surface area contributed by atoms with Gasteiger partial charge >= 0.3 is 0 Å². The van der Waals surface area contributed by atoms with E-state index in [1.807, 2.05) is 64.1 Å². The van der Waals surface area contributed by atoms with Crippen molar-refractivity contribution < 1.29 is 9.59 Å². The van der Waals surface area contributed by atoms with Crippen molar-refractivity contribution in [2.45, 2.75) is 50.7 Å². The van der Waals surface area contributed by atoms with Crippen LogP contribution >= 0.6 is 11.8 Å². The monoisotopic (exact) mass is 370 g/mol. The molecular formula is C21H26N2O2S. The van der Waals surface area contributed by atoms with Gasteiger partial charge in [-0.3, -0.25) is 9.59 Å². The van der Waals surface area contributed by atoms with Crippen LogP contribution in [-0.2, 0) is 9.59 Å². The van der Waals surface area contributed by atoms with Gasteiger partial charge in [0.1, 0.15) is 0 Å². The molecular weight excluding hydrogens is 344 g/mol. The van der Waals surface area contributed by atoms with Crippen LogP contribution in [0.1, 0.15) is 37.8 Å². The van der Waals surface area contributed by atoms with Gasteiger partial charge in [-0.05, 0) is 57.0 Å². The third-order valence-electron chi connectivity index (χ3n) is 3.92. The molecule has 0 aliphatic carbocycles. The summed E-state index contributed by atoms with van der Waals surface area (Å²) in [6.07, 6.45) is 1.32. The molecule has 0 aliphatic heterocycles. The summed E-state index contributed by atoms with van der Waals surface area (Å²) in [5.41, 5.74) is 3.82. The zero-order valence-corrected chi connectivity index (χ0v) is 16.6. The quantitative estimate of drug-likeness (QED) is 0.662. The first-order chi connectivity index (χ1) is 12.4. The molecule has 0 aliphatic rings. The number of carbonyl (C=O) groups excluding carboxylic acids is 2. The van der Waals surface area contributed by atoms with E-state index < -0.39 is 0 Å². The fourth-order valence-corrected chi connectivity index (χ4v) is 3.47. The van der Waals surface area contributed by atoms with Gasteiger partial charge in [0.2, 0.25) is 11.8 Å². The number of nitrogens with one attached hydrogen (secondary N) is 2. The Labute approximate surface area is 159 Å². The average Bonchev–Trinajstić information content (AvgIpc) is 2.57. The standard InChI is InChI=1S/C21H26N2O2S/c1-5-7-20(24)22-17-8-6-9-18(13-17)26-16(4)21(25)23-19-11-10-14(2)12-15(19)3/h6,8-13,16H,5,7H2,1-4H3,(H,22,24)(H,23,25). The fourth-order valence-electron chi connectivity index (χ4n) is 2.54. The predicted octanol–water partition coefficient (Wildman–Crippen LogP) is 5.16. The first-order valence-corrected chi connectivity index (χ1v) is 9.71. The zero-order valence-electron chi connectivity index (χ0n) is 15.8. The summed E-state index contributed by atoms with van der Waals surface area (Å²) in [7, 11) is 0. The first-order valence-electron chi connectivity index (χ1n) is 8.83. The molecule has 2 rings (SSSR count). The molecule has 0 heterocycles. The van der Waals surface area contributed by atoms with Crippen molar-refractivity contribution >= 4 is 35.0 Å². The van der Waals surface area contributed by atoms with Crippen molar-refractivity contribution in [3.63, 3.8) is 0 Å². The van der Waals surface area contributed by atoms with E-state index >= 15 is 0 Å². The molecule has 0 bridgehead atoms. The Morgan fingerprint density at radius 1 is 1.08 bits per heavy atom. The van der Waals surface area contributed by atoms with Crippen molar-refractivity contribution in [3.05, 3.63) is 53.6 Å². The van der Waals surface area contributed by atoms with E-state index in [2.05, 4.69) is 16.7 Å². The molecule has 2 amide bonds. The third-order valence-corrected chi connectivity index (χ3v) is 5.01. The van der Waals surface area contributed by atoms with Crippen molar-refractivity contribution in [2.24, 2.45) is 0 Å². The molecule has 2 N–H and O–H groups in total. The Morgan fingerprint density at radius 2 is 1.85 bits per heavy atom. The van der Waals surface area contributed by atoms with E-state index in [1.54, 1.807) is 0 Å². The molecule has 0 fully saturated rings. The topological polar surface area (TPSA) is 58.2 Å². The van der Waals surface area contributed by atoms with Gasteiger partial charge < -0.3 is 10.6 Å². The maximum absolute atomic E-state index is 12.5. The van der Waals surface area contributed by atoms with Crippen LogP contribution < -0.4 is 10.6 Å². The van der Waals surface area contributed by atoms with Crippen LogP contribution in [-0.4, -0.2) is 17.1 Å². The molecule has 4 nitrogen and oxygen atoms in total. The molecule has 138 valence electrons. The van der Waals surface area contributed by atoms with Gasteiger partial charge in [0.05, 0.1) is 5.25 Å². The summed E-state index contributed by atoms with van der Waals surface area (Å²) in [6.45, 7) is 7.88. The number of anilines is 2. The highest BCUT2D eigenvalue weighted by Gasteiger charge is 2.16. The van der Waals surface area contributed by atoms with E-state index in [0.29, 0.717) is 6.42 Å². The van der Waals surface area contributed by atoms with Crippen LogP contribution in [0.4, 0.5) is 11.4 Å². The van der Waals surface area contributed by atoms with E-state index in [9.17, 15) is 9.59 Å². The average molecular weight is 371 g/mol. The minimum atomic E-state index is -0.253. The van der Waals surface area contributed by atoms with Crippen molar-refractivity contribution in [2.75, 3.05) is 10.6 Å². The lowest BCUT2D eigenvalue weighted by atomic mass is 10.1. The van der Waals surface area contributed by atoms with Crippen LogP contribution in [0.3, 0.4) is 0 Å². The SMILES string of the molecule is CCCC(=O)Nc1cccc(SC(C)C(=O)Nc2ccc(C)cc2C)c1. The maximum Gasteiger partial charge on any atom is 0.237 e. The van der Waals surface area contributed by atoms with E-state index in [0.717, 1.165) is 28.3 Å². The second-order valence-corrected chi connectivity index (χ2v) is 7.81. The molecule has 2 aromatic carbocycles. The van der Waals surface area contributed by atoms with Crippen molar-refractivity contribution in [1.29, 1.82) is 0 Å². The Kier molecular flexibility index (Phi) is 7.27. The summed E-state index contributed by atoms with van der Waals surface area (Å²) in [5, 5.41) is 5.62. The fraction of sp³-hybridized carbons (Fsp3) is 0.333. The van der Waals surface area contributed by atoms with Crippen LogP contribution in [0.25, 0.3) is 0 Å². The number of carbonyl (C=O) groups is 2. The summed E-state index contributed by atoms with van der Waals surface area (Å²) in [6, 6.07) is 13.6. The van der Waals surface area contributed by atoms with Gasteiger partial charge in [-0.15, -0.1) is 11.8 Å². The van der Waals surface area contributed by atoms with Crippen molar-refractivity contribution in [1.82, 2.24) is 0 Å². The molecule has 2 aromatic rings. The molecule has 0 saturated carbocycles. The molecule has 26 heavy (non-hydrogen) atoms. The number of aryl methyl sites for hydroxylation is 2. The van der Waals surface area contributed by atoms with E-state index in [-0.39, 0.29) is 17.1 Å². The van der Waals surface area contributed by atoms with Gasteiger partial charge in [0, 0.05) is 22.7 Å². The summed E-state index contributed by atoms with van der Waals surface area (Å²) in [5.74, 6) is -0.0299. The van der Waals surface area contributed by atoms with Gasteiger partial charge in [0.25, 0.3) is 0 Å². The van der Waals surface area contributed by atoms with Crippen LogP contribution in [0.2, 0.25) is 0 Å². The van der Waals surface area contributed by atoms with E-state index in [1.165, 1.54) is 17.3 Å². The Balaban J connectivity index is 1.99. The highest BCUT2D eigenvalue weighted by molar-refractivity contribution is 8.00. The number of amides is 2. The highest BCUT2D eigenvalue weighted by atomic mass is 32.2. The lowest BCUT2D eigenvalue weighted by Gasteiger charge is -2.14. The number of rotatable bonds is 7. The molecule has 0 radical (unpaired) electrons. The summed E-state index contributed by atoms with van der Waals surface area (Å²) < 4.78 is 0. The minimum absolute atomic E-state index is 0.00953. The second-order valence-electron chi connectivity index (χ2n) is 6.39. The van der Waals surface area contributed by atoms with E-state index in [4.69, 9.17) is 0 Å². The molecule has 0 saturated heterocycles. The number of benzene rings is 2. The number of hydrogen-bond acceptors (Lipinski definition) is 3. The van der Waals surface area contributed by atoms with Crippen LogP contribution in [0, 0.1) is 13.8 Å². The third kappa shape index (κ3) is 5.92. The summed E-state index contributed by atoms with van der Waals surface area (Å²) >= 11 is 1.47.